The third kappa shape index (κ3) is 3.22. The fraction of sp³-hybridized carbons (Fsp3) is 0.714. The Hall–Kier alpha value is -1.62. The number of carbonyl (C=O) groups is 1. The lowest BCUT2D eigenvalue weighted by Crippen LogP contribution is -2.59. The highest BCUT2D eigenvalue weighted by Gasteiger charge is 2.51. The molecular formula is C21H28N2O3. The fourth-order valence-corrected chi connectivity index (χ4v) is 6.16. The van der Waals surface area contributed by atoms with E-state index in [1.165, 1.54) is 38.5 Å². The van der Waals surface area contributed by atoms with Crippen molar-refractivity contribution in [3.63, 3.8) is 0 Å². The van der Waals surface area contributed by atoms with Gasteiger partial charge in [-0.05, 0) is 62.3 Å². The number of pyridine rings is 1. The molecule has 0 radical (unpaired) electrons. The second kappa shape index (κ2) is 6.52. The minimum Gasteiger partial charge on any atom is -0.474 e. The molecule has 0 atom stereocenters. The highest BCUT2D eigenvalue weighted by Crippen LogP contribution is 2.55. The summed E-state index contributed by atoms with van der Waals surface area (Å²) in [6.07, 6.45) is 11.2. The molecule has 0 unspecified atom stereocenters. The Morgan fingerprint density at radius 1 is 1.12 bits per heavy atom. The van der Waals surface area contributed by atoms with Crippen molar-refractivity contribution in [1.82, 2.24) is 10.3 Å². The van der Waals surface area contributed by atoms with Crippen LogP contribution >= 0.6 is 0 Å². The molecule has 1 N–H and O–H groups in total. The van der Waals surface area contributed by atoms with Gasteiger partial charge in [0.05, 0.1) is 13.2 Å². The highest BCUT2D eigenvalue weighted by molar-refractivity contribution is 5.94. The first kappa shape index (κ1) is 16.5. The van der Waals surface area contributed by atoms with Gasteiger partial charge in [-0.3, -0.25) is 4.79 Å². The number of ether oxygens (including phenoxy) is 2. The Kier molecular flexibility index (Phi) is 4.15. The van der Waals surface area contributed by atoms with Crippen molar-refractivity contribution in [3.05, 3.63) is 23.9 Å². The summed E-state index contributed by atoms with van der Waals surface area (Å²) < 4.78 is 11.3. The molecule has 26 heavy (non-hydrogen) atoms. The molecule has 0 aromatic carbocycles. The molecule has 4 aliphatic carbocycles. The van der Waals surface area contributed by atoms with Gasteiger partial charge in [0, 0.05) is 36.2 Å². The van der Waals surface area contributed by atoms with Crippen LogP contribution < -0.4 is 10.1 Å². The maximum Gasteiger partial charge on any atom is 0.251 e. The average Bonchev–Trinajstić information content (AvgIpc) is 2.61. The van der Waals surface area contributed by atoms with Crippen molar-refractivity contribution in [1.29, 1.82) is 0 Å². The zero-order valence-electron chi connectivity index (χ0n) is 15.3. The third-order valence-corrected chi connectivity index (χ3v) is 6.87. The van der Waals surface area contributed by atoms with Gasteiger partial charge in [-0.1, -0.05) is 0 Å². The van der Waals surface area contributed by atoms with Gasteiger partial charge in [0.15, 0.2) is 0 Å². The number of carbonyl (C=O) groups excluding carboxylic acids is 1. The maximum absolute atomic E-state index is 13.0. The predicted molar refractivity (Wildman–Crippen MR) is 97.1 cm³/mol. The van der Waals surface area contributed by atoms with Gasteiger partial charge in [0.1, 0.15) is 6.10 Å². The molecule has 4 saturated carbocycles. The van der Waals surface area contributed by atoms with E-state index in [0.29, 0.717) is 11.4 Å². The first-order valence-electron chi connectivity index (χ1n) is 10.2. The van der Waals surface area contributed by atoms with Crippen molar-refractivity contribution < 1.29 is 14.3 Å². The van der Waals surface area contributed by atoms with Crippen molar-refractivity contribution in [2.45, 2.75) is 63.0 Å². The van der Waals surface area contributed by atoms with Crippen LogP contribution in [-0.2, 0) is 4.74 Å². The molecule has 1 aliphatic heterocycles. The van der Waals surface area contributed by atoms with Crippen LogP contribution in [-0.4, -0.2) is 35.7 Å². The Balaban J connectivity index is 1.27. The van der Waals surface area contributed by atoms with Gasteiger partial charge < -0.3 is 14.8 Å². The molecule has 1 saturated heterocycles. The molecule has 0 spiro atoms. The molecule has 5 fully saturated rings. The standard InChI is InChI=1S/C21H28N2O3/c24-20(23-21-11-14-7-15(12-21)9-16(8-14)13-21)17-1-4-22-19(10-17)26-18-2-5-25-6-3-18/h1,4,10,14-16,18H,2-3,5-9,11-13H2,(H,23,24). The molecule has 5 aliphatic rings. The number of amides is 1. The van der Waals surface area contributed by atoms with E-state index in [0.717, 1.165) is 43.8 Å². The average molecular weight is 356 g/mol. The summed E-state index contributed by atoms with van der Waals surface area (Å²) in [5.74, 6) is 3.06. The summed E-state index contributed by atoms with van der Waals surface area (Å²) in [4.78, 5) is 17.3. The van der Waals surface area contributed by atoms with Crippen molar-refractivity contribution in [3.8, 4) is 5.88 Å². The predicted octanol–water partition coefficient (Wildman–Crippen LogP) is 3.34. The second-order valence-corrected chi connectivity index (χ2v) is 8.96. The molecule has 6 rings (SSSR count). The van der Waals surface area contributed by atoms with Crippen LogP contribution in [0.5, 0.6) is 5.88 Å². The molecule has 5 nitrogen and oxygen atoms in total. The van der Waals surface area contributed by atoms with E-state index < -0.39 is 0 Å². The van der Waals surface area contributed by atoms with Crippen LogP contribution in [0.2, 0.25) is 0 Å². The van der Waals surface area contributed by atoms with E-state index in [9.17, 15) is 4.79 Å². The van der Waals surface area contributed by atoms with Crippen LogP contribution in [0.15, 0.2) is 18.3 Å². The third-order valence-electron chi connectivity index (χ3n) is 6.87. The van der Waals surface area contributed by atoms with Crippen LogP contribution in [0.25, 0.3) is 0 Å². The largest absolute Gasteiger partial charge is 0.474 e. The van der Waals surface area contributed by atoms with E-state index in [1.807, 2.05) is 0 Å². The number of rotatable bonds is 4. The lowest BCUT2D eigenvalue weighted by molar-refractivity contribution is -0.0167. The number of aromatic nitrogens is 1. The van der Waals surface area contributed by atoms with Crippen LogP contribution in [0.4, 0.5) is 0 Å². The quantitative estimate of drug-likeness (QED) is 0.899. The number of nitrogens with zero attached hydrogens (tertiary/aromatic N) is 1. The summed E-state index contributed by atoms with van der Waals surface area (Å²) >= 11 is 0. The summed E-state index contributed by atoms with van der Waals surface area (Å²) in [5, 5.41) is 3.43. The lowest BCUT2D eigenvalue weighted by Gasteiger charge is -2.56. The van der Waals surface area contributed by atoms with Crippen molar-refractivity contribution in [2.24, 2.45) is 17.8 Å². The molecule has 5 heteroatoms. The first-order valence-corrected chi connectivity index (χ1v) is 10.2. The second-order valence-electron chi connectivity index (χ2n) is 8.96. The molecule has 1 amide bonds. The summed E-state index contributed by atoms with van der Waals surface area (Å²) in [6.45, 7) is 1.47. The van der Waals surface area contributed by atoms with Gasteiger partial charge in [-0.15, -0.1) is 0 Å². The monoisotopic (exact) mass is 356 g/mol. The van der Waals surface area contributed by atoms with Gasteiger partial charge in [0.25, 0.3) is 5.91 Å². The molecular weight excluding hydrogens is 328 g/mol. The molecule has 4 bridgehead atoms. The normalized spacial score (nSPS) is 36.1. The Labute approximate surface area is 154 Å². The minimum absolute atomic E-state index is 0.0335. The molecule has 2 heterocycles. The Morgan fingerprint density at radius 3 is 2.42 bits per heavy atom. The van der Waals surface area contributed by atoms with Crippen LogP contribution in [0, 0.1) is 17.8 Å². The van der Waals surface area contributed by atoms with E-state index in [2.05, 4.69) is 10.3 Å². The van der Waals surface area contributed by atoms with Crippen molar-refractivity contribution in [2.75, 3.05) is 13.2 Å². The first-order chi connectivity index (χ1) is 12.7. The maximum atomic E-state index is 13.0. The SMILES string of the molecule is O=C(NC12CC3CC(CC(C3)C1)C2)c1ccnc(OC2CCOCC2)c1. The smallest absolute Gasteiger partial charge is 0.251 e. The van der Waals surface area contributed by atoms with Crippen LogP contribution in [0.3, 0.4) is 0 Å². The molecule has 1 aromatic heterocycles. The summed E-state index contributed by atoms with van der Waals surface area (Å²) in [6, 6.07) is 3.60. The molecule has 1 aromatic rings. The lowest BCUT2D eigenvalue weighted by atomic mass is 9.53. The Morgan fingerprint density at radius 2 is 1.77 bits per heavy atom. The van der Waals surface area contributed by atoms with E-state index >= 15 is 0 Å². The Bertz CT molecular complexity index is 648. The number of nitrogens with one attached hydrogen (secondary N) is 1. The zero-order valence-corrected chi connectivity index (χ0v) is 15.3. The van der Waals surface area contributed by atoms with Gasteiger partial charge in [-0.25, -0.2) is 4.98 Å². The van der Waals surface area contributed by atoms with E-state index in [1.54, 1.807) is 18.3 Å². The molecule has 140 valence electrons. The minimum atomic E-state index is 0.0335. The van der Waals surface area contributed by atoms with Gasteiger partial charge in [0.2, 0.25) is 5.88 Å². The zero-order chi connectivity index (χ0) is 17.6. The van der Waals surface area contributed by atoms with Gasteiger partial charge in [-0.2, -0.15) is 0 Å². The summed E-state index contributed by atoms with van der Waals surface area (Å²) in [7, 11) is 0. The van der Waals surface area contributed by atoms with E-state index in [4.69, 9.17) is 9.47 Å². The summed E-state index contributed by atoms with van der Waals surface area (Å²) in [5.41, 5.74) is 0.703. The number of hydrogen-bond donors (Lipinski definition) is 1. The highest BCUT2D eigenvalue weighted by atomic mass is 16.5. The fourth-order valence-electron chi connectivity index (χ4n) is 6.16. The van der Waals surface area contributed by atoms with E-state index in [-0.39, 0.29) is 17.6 Å². The van der Waals surface area contributed by atoms with Gasteiger partial charge >= 0.3 is 0 Å². The van der Waals surface area contributed by atoms with Crippen molar-refractivity contribution >= 4 is 5.91 Å². The topological polar surface area (TPSA) is 60.5 Å². The number of hydrogen-bond acceptors (Lipinski definition) is 4. The van der Waals surface area contributed by atoms with Crippen LogP contribution in [0.1, 0.15) is 61.7 Å².